The number of aliphatic carboxylic acids is 1. The van der Waals surface area contributed by atoms with E-state index in [1.807, 2.05) is 0 Å². The Morgan fingerprint density at radius 1 is 1.33 bits per heavy atom. The predicted molar refractivity (Wildman–Crippen MR) is 58.3 cm³/mol. The molecule has 1 rings (SSSR count). The molecule has 0 aliphatic carbocycles. The van der Waals surface area contributed by atoms with Crippen molar-refractivity contribution < 1.29 is 27.8 Å². The molecule has 18 heavy (non-hydrogen) atoms. The van der Waals surface area contributed by atoms with Crippen LogP contribution in [0.2, 0.25) is 0 Å². The second-order valence-corrected chi connectivity index (χ2v) is 3.53. The average molecular weight is 260 g/mol. The summed E-state index contributed by atoms with van der Waals surface area (Å²) in [6.07, 6.45) is -3.04. The van der Waals surface area contributed by atoms with E-state index in [9.17, 15) is 18.0 Å². The molecule has 0 amide bonds. The summed E-state index contributed by atoms with van der Waals surface area (Å²) in [4.78, 5) is 10.4. The molecular formula is C12H11F3O3. The Morgan fingerprint density at radius 2 is 1.89 bits per heavy atom. The Labute approximate surface area is 101 Å². The highest BCUT2D eigenvalue weighted by Gasteiger charge is 2.29. The van der Waals surface area contributed by atoms with E-state index in [-0.39, 0.29) is 17.9 Å². The minimum Gasteiger partial charge on any atom is -0.490 e. The number of rotatable bonds is 4. The van der Waals surface area contributed by atoms with Crippen molar-refractivity contribution in [2.45, 2.75) is 13.1 Å². The molecule has 0 fully saturated rings. The molecule has 6 heteroatoms. The van der Waals surface area contributed by atoms with Crippen molar-refractivity contribution in [2.24, 2.45) is 0 Å². The largest absolute Gasteiger partial charge is 0.490 e. The van der Waals surface area contributed by atoms with Gasteiger partial charge in [0.05, 0.1) is 5.56 Å². The maximum Gasteiger partial charge on any atom is 0.416 e. The Balaban J connectivity index is 2.60. The molecule has 0 bridgehead atoms. The Morgan fingerprint density at radius 3 is 2.33 bits per heavy atom. The van der Waals surface area contributed by atoms with Gasteiger partial charge in [-0.1, -0.05) is 0 Å². The van der Waals surface area contributed by atoms with E-state index < -0.39 is 17.7 Å². The van der Waals surface area contributed by atoms with E-state index in [1.54, 1.807) is 0 Å². The fourth-order valence-electron chi connectivity index (χ4n) is 1.09. The second-order valence-electron chi connectivity index (χ2n) is 3.53. The van der Waals surface area contributed by atoms with E-state index in [0.29, 0.717) is 0 Å². The summed E-state index contributed by atoms with van der Waals surface area (Å²) in [5.41, 5.74) is -0.644. The van der Waals surface area contributed by atoms with Gasteiger partial charge in [-0.05, 0) is 37.3 Å². The van der Waals surface area contributed by atoms with Crippen LogP contribution in [0.4, 0.5) is 13.2 Å². The molecule has 0 unspecified atom stereocenters. The lowest BCUT2D eigenvalue weighted by Gasteiger charge is -2.08. The van der Waals surface area contributed by atoms with Crippen molar-refractivity contribution in [3.05, 3.63) is 41.5 Å². The maximum atomic E-state index is 12.3. The summed E-state index contributed by atoms with van der Waals surface area (Å²) in [7, 11) is 0. The Hall–Kier alpha value is -1.98. The van der Waals surface area contributed by atoms with Crippen LogP contribution in [-0.4, -0.2) is 17.7 Å². The predicted octanol–water partition coefficient (Wildman–Crippen LogP) is 3.12. The van der Waals surface area contributed by atoms with E-state index in [2.05, 4.69) is 0 Å². The number of alkyl halides is 3. The summed E-state index contributed by atoms with van der Waals surface area (Å²) in [6.45, 7) is 1.39. The van der Waals surface area contributed by atoms with E-state index in [1.165, 1.54) is 25.1 Å². The topological polar surface area (TPSA) is 46.5 Å². The van der Waals surface area contributed by atoms with Crippen molar-refractivity contribution >= 4 is 5.97 Å². The molecule has 0 atom stereocenters. The molecule has 0 aromatic heterocycles. The number of carboxylic acid groups (broad SMARTS) is 1. The summed E-state index contributed by atoms with van der Waals surface area (Å²) in [6, 6.07) is 4.19. The van der Waals surface area contributed by atoms with Crippen LogP contribution in [0.25, 0.3) is 0 Å². The molecular weight excluding hydrogens is 249 g/mol. The number of hydrogen-bond donors (Lipinski definition) is 1. The molecule has 1 aromatic carbocycles. The number of ether oxygens (including phenoxy) is 1. The molecule has 0 spiro atoms. The minimum absolute atomic E-state index is 0.0104. The molecule has 1 aromatic rings. The standard InChI is InChI=1S/C12H11F3O3/c1-8(11(16)17)6-7-18-10-4-2-9(3-5-10)12(13,14)15/h2-6H,7H2,1H3,(H,16,17). The number of benzene rings is 1. The van der Waals surface area contributed by atoms with Crippen LogP contribution in [0, 0.1) is 0 Å². The highest BCUT2D eigenvalue weighted by atomic mass is 19.4. The average Bonchev–Trinajstić information content (AvgIpc) is 2.28. The molecule has 0 aliphatic heterocycles. The summed E-state index contributed by atoms with van der Waals surface area (Å²) in [5.74, 6) is -0.816. The van der Waals surface area contributed by atoms with Gasteiger partial charge in [0.2, 0.25) is 0 Å². The smallest absolute Gasteiger partial charge is 0.416 e. The fourth-order valence-corrected chi connectivity index (χ4v) is 1.09. The summed E-state index contributed by atoms with van der Waals surface area (Å²) >= 11 is 0. The monoisotopic (exact) mass is 260 g/mol. The number of carbonyl (C=O) groups is 1. The van der Waals surface area contributed by atoms with Gasteiger partial charge in [-0.15, -0.1) is 0 Å². The molecule has 0 saturated carbocycles. The molecule has 0 saturated heterocycles. The van der Waals surface area contributed by atoms with Crippen LogP contribution in [0.3, 0.4) is 0 Å². The van der Waals surface area contributed by atoms with Crippen molar-refractivity contribution in [3.8, 4) is 5.75 Å². The van der Waals surface area contributed by atoms with Crippen molar-refractivity contribution in [3.63, 3.8) is 0 Å². The molecule has 98 valence electrons. The third kappa shape index (κ3) is 4.12. The maximum absolute atomic E-state index is 12.3. The zero-order valence-corrected chi connectivity index (χ0v) is 9.49. The molecule has 0 heterocycles. The van der Waals surface area contributed by atoms with Crippen LogP contribution < -0.4 is 4.74 Å². The number of hydrogen-bond acceptors (Lipinski definition) is 2. The SMILES string of the molecule is CC(=CCOc1ccc(C(F)(F)F)cc1)C(=O)O. The first-order valence-electron chi connectivity index (χ1n) is 5.01. The number of carboxylic acids is 1. The van der Waals surface area contributed by atoms with Crippen LogP contribution in [0.5, 0.6) is 5.75 Å². The van der Waals surface area contributed by atoms with Gasteiger partial charge in [-0.2, -0.15) is 13.2 Å². The van der Waals surface area contributed by atoms with E-state index in [4.69, 9.17) is 9.84 Å². The normalized spacial score (nSPS) is 12.3. The first-order chi connectivity index (χ1) is 8.30. The summed E-state index contributed by atoms with van der Waals surface area (Å²) in [5, 5.41) is 8.56. The Kier molecular flexibility index (Phi) is 4.36. The molecule has 3 nitrogen and oxygen atoms in total. The highest BCUT2D eigenvalue weighted by Crippen LogP contribution is 2.30. The third-order valence-electron chi connectivity index (χ3n) is 2.16. The van der Waals surface area contributed by atoms with Gasteiger partial charge in [0.15, 0.2) is 0 Å². The van der Waals surface area contributed by atoms with E-state index in [0.717, 1.165) is 12.1 Å². The minimum atomic E-state index is -4.38. The zero-order chi connectivity index (χ0) is 13.8. The van der Waals surface area contributed by atoms with Crippen molar-refractivity contribution in [1.29, 1.82) is 0 Å². The first-order valence-corrected chi connectivity index (χ1v) is 5.01. The quantitative estimate of drug-likeness (QED) is 0.846. The molecule has 0 radical (unpaired) electrons. The lowest BCUT2D eigenvalue weighted by atomic mass is 10.2. The van der Waals surface area contributed by atoms with Gasteiger partial charge in [0, 0.05) is 5.57 Å². The van der Waals surface area contributed by atoms with E-state index >= 15 is 0 Å². The highest BCUT2D eigenvalue weighted by molar-refractivity contribution is 5.85. The van der Waals surface area contributed by atoms with Gasteiger partial charge < -0.3 is 9.84 Å². The van der Waals surface area contributed by atoms with Gasteiger partial charge >= 0.3 is 12.1 Å². The molecule has 1 N–H and O–H groups in total. The van der Waals surface area contributed by atoms with Crippen molar-refractivity contribution in [1.82, 2.24) is 0 Å². The van der Waals surface area contributed by atoms with Crippen LogP contribution in [0.15, 0.2) is 35.9 Å². The molecule has 0 aliphatic rings. The second kappa shape index (κ2) is 5.57. The lowest BCUT2D eigenvalue weighted by Crippen LogP contribution is -2.04. The van der Waals surface area contributed by atoms with Gasteiger partial charge in [-0.3, -0.25) is 0 Å². The first kappa shape index (κ1) is 14.1. The lowest BCUT2D eigenvalue weighted by molar-refractivity contribution is -0.137. The van der Waals surface area contributed by atoms with Crippen LogP contribution in [0.1, 0.15) is 12.5 Å². The fraction of sp³-hybridized carbons (Fsp3) is 0.250. The Bertz CT molecular complexity index is 447. The van der Waals surface area contributed by atoms with Gasteiger partial charge in [0.1, 0.15) is 12.4 Å². The van der Waals surface area contributed by atoms with Crippen LogP contribution >= 0.6 is 0 Å². The van der Waals surface area contributed by atoms with Crippen molar-refractivity contribution in [2.75, 3.05) is 6.61 Å². The third-order valence-corrected chi connectivity index (χ3v) is 2.16. The van der Waals surface area contributed by atoms with Crippen LogP contribution in [-0.2, 0) is 11.0 Å². The van der Waals surface area contributed by atoms with Gasteiger partial charge in [-0.25, -0.2) is 4.79 Å². The number of halogens is 3. The zero-order valence-electron chi connectivity index (χ0n) is 9.49. The van der Waals surface area contributed by atoms with Gasteiger partial charge in [0.25, 0.3) is 0 Å². The summed E-state index contributed by atoms with van der Waals surface area (Å²) < 4.78 is 41.8.